The number of rotatable bonds is 5. The average molecular weight is 553 g/mol. The number of amides is 2. The van der Waals surface area contributed by atoms with Gasteiger partial charge in [0.05, 0.1) is 11.7 Å². The maximum absolute atomic E-state index is 13.7. The molecule has 0 radical (unpaired) electrons. The Hall–Kier alpha value is -3.60. The smallest absolute Gasteiger partial charge is 0.314 e. The number of aliphatic hydroxyl groups excluding tert-OH is 1. The third-order valence-electron chi connectivity index (χ3n) is 5.85. The molecule has 0 aliphatic carbocycles. The molecule has 2 heterocycles. The molecule has 1 aliphatic rings. The molecule has 1 saturated heterocycles. The molecular formula is C26H22BrFN4O4. The minimum absolute atomic E-state index is 0.223. The molecule has 3 aromatic carbocycles. The van der Waals surface area contributed by atoms with Crippen LogP contribution in [0.4, 0.5) is 15.8 Å². The molecule has 8 nitrogen and oxygen atoms in total. The Morgan fingerprint density at radius 1 is 1.08 bits per heavy atom. The fraction of sp³-hybridized carbons (Fsp3) is 0.192. The highest BCUT2D eigenvalue weighted by Gasteiger charge is 2.20. The van der Waals surface area contributed by atoms with Gasteiger partial charge in [-0.2, -0.15) is 0 Å². The van der Waals surface area contributed by atoms with E-state index in [2.05, 4.69) is 36.4 Å². The normalized spacial score (nSPS) is 15.8. The van der Waals surface area contributed by atoms with E-state index in [4.69, 9.17) is 4.42 Å². The number of aliphatic hydroxyl groups is 1. The maximum Gasteiger partial charge on any atom is 0.314 e. The number of halogens is 2. The zero-order chi connectivity index (χ0) is 25.2. The molecule has 0 bridgehead atoms. The monoisotopic (exact) mass is 552 g/mol. The van der Waals surface area contributed by atoms with E-state index < -0.39 is 17.6 Å². The van der Waals surface area contributed by atoms with Crippen molar-refractivity contribution in [1.29, 1.82) is 0 Å². The quantitative estimate of drug-likeness (QED) is 0.314. The number of fused-ring (bicyclic) bond motifs is 1. The van der Waals surface area contributed by atoms with Crippen molar-refractivity contribution in [2.75, 3.05) is 23.7 Å². The lowest BCUT2D eigenvalue weighted by Gasteiger charge is -2.15. The fourth-order valence-electron chi connectivity index (χ4n) is 4.12. The summed E-state index contributed by atoms with van der Waals surface area (Å²) in [6.07, 6.45) is 0.447. The third-order valence-corrected chi connectivity index (χ3v) is 6.54. The molecule has 184 valence electrons. The Bertz CT molecular complexity index is 1460. The fourth-order valence-corrected chi connectivity index (χ4v) is 4.54. The number of β-amino-alcohol motifs (C(OH)–C–C–N with tert-alkyl or cyclic N) is 1. The van der Waals surface area contributed by atoms with Gasteiger partial charge in [0.1, 0.15) is 11.3 Å². The summed E-state index contributed by atoms with van der Waals surface area (Å²) in [7, 11) is 0. The van der Waals surface area contributed by atoms with E-state index in [-0.39, 0.29) is 12.0 Å². The van der Waals surface area contributed by atoms with Crippen molar-refractivity contribution in [3.63, 3.8) is 0 Å². The van der Waals surface area contributed by atoms with Gasteiger partial charge in [0.2, 0.25) is 5.89 Å². The maximum atomic E-state index is 13.7. The average Bonchev–Trinajstić information content (AvgIpc) is 3.46. The zero-order valence-corrected chi connectivity index (χ0v) is 20.6. The van der Waals surface area contributed by atoms with Gasteiger partial charge in [-0.15, -0.1) is 0 Å². The van der Waals surface area contributed by atoms with Crippen molar-refractivity contribution in [3.8, 4) is 11.5 Å². The number of benzene rings is 3. The van der Waals surface area contributed by atoms with Crippen molar-refractivity contribution in [2.45, 2.75) is 19.1 Å². The number of hydrogen-bond donors (Lipinski definition) is 3. The lowest BCUT2D eigenvalue weighted by atomic mass is 10.2. The molecule has 0 saturated carbocycles. The molecular weight excluding hydrogens is 531 g/mol. The van der Waals surface area contributed by atoms with Crippen molar-refractivity contribution >= 4 is 50.2 Å². The van der Waals surface area contributed by atoms with Gasteiger partial charge in [0.25, 0.3) is 0 Å². The SMILES string of the molecule is O=C(Nc1cccc(CN2CCC(O)C2)c1)C(=O)Nc1ccc2oc(-c3cc(F)ccc3Br)nc2c1. The van der Waals surface area contributed by atoms with Crippen LogP contribution in [0.2, 0.25) is 0 Å². The lowest BCUT2D eigenvalue weighted by molar-refractivity contribution is -0.132. The second-order valence-corrected chi connectivity index (χ2v) is 9.47. The Morgan fingerprint density at radius 2 is 1.86 bits per heavy atom. The van der Waals surface area contributed by atoms with Crippen LogP contribution in [0.15, 0.2) is 69.6 Å². The molecule has 1 atom stereocenters. The van der Waals surface area contributed by atoms with Gasteiger partial charge < -0.3 is 20.2 Å². The van der Waals surface area contributed by atoms with E-state index in [1.165, 1.54) is 12.1 Å². The van der Waals surface area contributed by atoms with Crippen LogP contribution in [0, 0.1) is 5.82 Å². The summed E-state index contributed by atoms with van der Waals surface area (Å²) in [4.78, 5) is 31.5. The molecule has 1 aliphatic heterocycles. The van der Waals surface area contributed by atoms with Gasteiger partial charge in [-0.1, -0.05) is 12.1 Å². The molecule has 4 aromatic rings. The highest BCUT2D eigenvalue weighted by molar-refractivity contribution is 9.10. The number of aromatic nitrogens is 1. The van der Waals surface area contributed by atoms with Crippen molar-refractivity contribution in [3.05, 3.63) is 76.5 Å². The largest absolute Gasteiger partial charge is 0.436 e. The first-order chi connectivity index (χ1) is 17.3. The number of carbonyl (C=O) groups is 2. The van der Waals surface area contributed by atoms with Crippen LogP contribution in [-0.2, 0) is 16.1 Å². The van der Waals surface area contributed by atoms with Crippen LogP contribution >= 0.6 is 15.9 Å². The molecule has 1 unspecified atom stereocenters. The van der Waals surface area contributed by atoms with Gasteiger partial charge in [0.15, 0.2) is 5.58 Å². The van der Waals surface area contributed by atoms with Gasteiger partial charge in [-0.3, -0.25) is 14.5 Å². The minimum atomic E-state index is -0.834. The summed E-state index contributed by atoms with van der Waals surface area (Å²) in [5.41, 5.74) is 3.19. The summed E-state index contributed by atoms with van der Waals surface area (Å²) in [5.74, 6) is -1.84. The molecule has 0 spiro atoms. The lowest BCUT2D eigenvalue weighted by Crippen LogP contribution is -2.29. The standard InChI is InChI=1S/C26H22BrFN4O4/c27-21-6-4-16(28)11-20(21)26-31-22-12-18(5-7-23(22)36-26)30-25(35)24(34)29-17-3-1-2-15(10-17)13-32-9-8-19(33)14-32/h1-7,10-12,19,33H,8-9,13-14H2,(H,29,34)(H,30,35). The number of likely N-dealkylation sites (tertiary alicyclic amines) is 1. The Morgan fingerprint density at radius 3 is 2.61 bits per heavy atom. The molecule has 5 rings (SSSR count). The van der Waals surface area contributed by atoms with E-state index in [9.17, 15) is 19.1 Å². The first-order valence-corrected chi connectivity index (χ1v) is 12.1. The second-order valence-electron chi connectivity index (χ2n) is 8.61. The molecule has 3 N–H and O–H groups in total. The van der Waals surface area contributed by atoms with Crippen LogP contribution in [0.25, 0.3) is 22.6 Å². The first-order valence-electron chi connectivity index (χ1n) is 11.3. The van der Waals surface area contributed by atoms with Gasteiger partial charge in [0, 0.05) is 35.5 Å². The second kappa shape index (κ2) is 10.2. The summed E-state index contributed by atoms with van der Waals surface area (Å²) >= 11 is 3.36. The van der Waals surface area contributed by atoms with E-state index in [1.807, 2.05) is 18.2 Å². The summed E-state index contributed by atoms with van der Waals surface area (Å²) in [6.45, 7) is 2.09. The predicted octanol–water partition coefficient (Wildman–Crippen LogP) is 4.54. The summed E-state index contributed by atoms with van der Waals surface area (Å²) < 4.78 is 20.0. The highest BCUT2D eigenvalue weighted by Crippen LogP contribution is 2.31. The van der Waals surface area contributed by atoms with Crippen LogP contribution in [-0.4, -0.2) is 46.0 Å². The molecule has 10 heteroatoms. The molecule has 1 fully saturated rings. The number of anilines is 2. The predicted molar refractivity (Wildman–Crippen MR) is 137 cm³/mol. The van der Waals surface area contributed by atoms with Crippen molar-refractivity contribution < 1.29 is 23.5 Å². The summed E-state index contributed by atoms with van der Waals surface area (Å²) in [5, 5.41) is 14.9. The van der Waals surface area contributed by atoms with Crippen LogP contribution in [0.5, 0.6) is 0 Å². The highest BCUT2D eigenvalue weighted by atomic mass is 79.9. The van der Waals surface area contributed by atoms with Crippen LogP contribution in [0.1, 0.15) is 12.0 Å². The third kappa shape index (κ3) is 5.46. The number of oxazole rings is 1. The Balaban J connectivity index is 1.25. The Kier molecular flexibility index (Phi) is 6.82. The molecule has 2 amide bonds. The Labute approximate surface area is 214 Å². The van der Waals surface area contributed by atoms with Crippen LogP contribution in [0.3, 0.4) is 0 Å². The summed E-state index contributed by atoms with van der Waals surface area (Å²) in [6, 6.07) is 16.2. The van der Waals surface area contributed by atoms with Crippen molar-refractivity contribution in [2.24, 2.45) is 0 Å². The number of nitrogens with one attached hydrogen (secondary N) is 2. The van der Waals surface area contributed by atoms with Crippen molar-refractivity contribution in [1.82, 2.24) is 9.88 Å². The number of nitrogens with zero attached hydrogens (tertiary/aromatic N) is 2. The van der Waals surface area contributed by atoms with E-state index in [0.717, 1.165) is 18.5 Å². The van der Waals surface area contributed by atoms with E-state index in [0.29, 0.717) is 45.6 Å². The van der Waals surface area contributed by atoms with Gasteiger partial charge >= 0.3 is 11.8 Å². The zero-order valence-electron chi connectivity index (χ0n) is 19.0. The number of carbonyl (C=O) groups excluding carboxylic acids is 2. The molecule has 1 aromatic heterocycles. The minimum Gasteiger partial charge on any atom is -0.436 e. The van der Waals surface area contributed by atoms with E-state index in [1.54, 1.807) is 30.3 Å². The van der Waals surface area contributed by atoms with E-state index >= 15 is 0 Å². The first kappa shape index (κ1) is 24.1. The number of hydrogen-bond acceptors (Lipinski definition) is 6. The molecule has 36 heavy (non-hydrogen) atoms. The topological polar surface area (TPSA) is 108 Å². The van der Waals surface area contributed by atoms with Crippen LogP contribution < -0.4 is 10.6 Å². The van der Waals surface area contributed by atoms with Gasteiger partial charge in [-0.25, -0.2) is 9.37 Å². The van der Waals surface area contributed by atoms with Gasteiger partial charge in [-0.05, 0) is 76.4 Å².